The predicted molar refractivity (Wildman–Crippen MR) is 219 cm³/mol. The van der Waals surface area contributed by atoms with Crippen molar-refractivity contribution in [1.29, 1.82) is 0 Å². The number of pyridine rings is 1. The molecule has 4 nitrogen and oxygen atoms in total. The first kappa shape index (κ1) is 41.4. The predicted octanol–water partition coefficient (Wildman–Crippen LogP) is 14.0. The largest absolute Gasteiger partial charge is 0.512 e. The molecule has 3 aromatic heterocycles. The first-order valence-electron chi connectivity index (χ1n) is 18.7. The van der Waals surface area contributed by atoms with E-state index in [0.29, 0.717) is 5.92 Å². The number of ketones is 1. The van der Waals surface area contributed by atoms with Gasteiger partial charge in [-0.05, 0) is 66.7 Å². The molecule has 0 fully saturated rings. The smallest absolute Gasteiger partial charge is 0.164 e. The van der Waals surface area contributed by atoms with Crippen molar-refractivity contribution < 1.29 is 34.4 Å². The van der Waals surface area contributed by atoms with Gasteiger partial charge in [0.05, 0.1) is 0 Å². The number of fused-ring (bicyclic) bond motifs is 5. The summed E-state index contributed by atoms with van der Waals surface area (Å²) in [5.41, 5.74) is 3.78. The topological polar surface area (TPSA) is 63.3 Å². The number of allylic oxidation sites excluding steroid dienone is 2. The summed E-state index contributed by atoms with van der Waals surface area (Å²) in [5.74, 6) is 1.93. The quantitative estimate of drug-likeness (QED) is 0.0845. The van der Waals surface area contributed by atoms with Crippen molar-refractivity contribution in [2.24, 2.45) is 16.7 Å². The second kappa shape index (κ2) is 16.4. The van der Waals surface area contributed by atoms with Gasteiger partial charge in [-0.2, -0.15) is 0 Å². The number of aliphatic hydroxyl groups excluding tert-OH is 1. The van der Waals surface area contributed by atoms with E-state index >= 15 is 0 Å². The molecule has 0 saturated carbocycles. The Morgan fingerprint density at radius 3 is 2.15 bits per heavy atom. The zero-order valence-corrected chi connectivity index (χ0v) is 36.1. The Labute approximate surface area is 328 Å². The van der Waals surface area contributed by atoms with Crippen molar-refractivity contribution in [2.75, 3.05) is 0 Å². The summed E-state index contributed by atoms with van der Waals surface area (Å²) in [6, 6.07) is 23.3. The van der Waals surface area contributed by atoms with Crippen molar-refractivity contribution in [3.63, 3.8) is 0 Å². The Hall–Kier alpha value is -3.31. The second-order valence-electron chi connectivity index (χ2n) is 16.2. The van der Waals surface area contributed by atoms with Crippen LogP contribution < -0.4 is 0 Å². The van der Waals surface area contributed by atoms with Gasteiger partial charge in [0.15, 0.2) is 5.78 Å². The van der Waals surface area contributed by atoms with Crippen LogP contribution in [-0.4, -0.2) is 15.9 Å². The van der Waals surface area contributed by atoms with Crippen LogP contribution in [0.1, 0.15) is 113 Å². The zero-order chi connectivity index (χ0) is 37.3. The molecule has 6 heteroatoms. The normalized spacial score (nSPS) is 12.8. The molecule has 52 heavy (non-hydrogen) atoms. The molecule has 0 aliphatic heterocycles. The number of carbonyl (C=O) groups is 1. The summed E-state index contributed by atoms with van der Waals surface area (Å²) < 4.78 is 8.63. The number of furan rings is 1. The molecule has 0 atom stereocenters. The standard InChI is InChI=1S/C31H28NOS.C15H28O2.Ir/c1-18(2)12-22-14-20-15-25-24-10-11-32-29(30(24)34-28(25)17-27(20)33-22)21-13-19-8-6-7-9-23(19)26(16-21)31(3,4)5;1-7-14(5,8-2)12(16)11-13(17)15(6,9-3)10-4;/h6-11,14-18H,12H2,1-5H3;11,16H,7-10H2,1-6H3;/q-1;;/b;12-11-;. The molecule has 0 aliphatic rings. The maximum Gasteiger partial charge on any atom is 0.164 e. The monoisotopic (exact) mass is 895 g/mol. The van der Waals surface area contributed by atoms with Gasteiger partial charge in [0.2, 0.25) is 0 Å². The SMILES string of the molecule is CC(C)Cc1cc2cc3c(cc2o1)sc1c(-c2[c-]c4ccccc4c(C(C)(C)C)c2)nccc13.CCC(C)(CC)C(=O)/C=C(\O)C(C)(CC)CC.[Ir]. The summed E-state index contributed by atoms with van der Waals surface area (Å²) in [6.45, 7) is 23.4. The van der Waals surface area contributed by atoms with Crippen molar-refractivity contribution in [3.05, 3.63) is 90.0 Å². The fraction of sp³-hybridized carbons (Fsp3) is 0.435. The third-order valence-electron chi connectivity index (χ3n) is 11.1. The molecule has 0 unspecified atom stereocenters. The molecule has 0 amide bonds. The fourth-order valence-corrected chi connectivity index (χ4v) is 7.86. The summed E-state index contributed by atoms with van der Waals surface area (Å²) >= 11 is 1.80. The van der Waals surface area contributed by atoms with Crippen LogP contribution in [0.15, 0.2) is 77.0 Å². The molecule has 6 rings (SSSR count). The summed E-state index contributed by atoms with van der Waals surface area (Å²) in [6.07, 6.45) is 7.66. The van der Waals surface area contributed by atoms with Gasteiger partial charge in [0, 0.05) is 75.5 Å². The molecule has 1 radical (unpaired) electrons. The molecule has 0 saturated heterocycles. The summed E-state index contributed by atoms with van der Waals surface area (Å²) in [7, 11) is 0. The third kappa shape index (κ3) is 8.40. The van der Waals surface area contributed by atoms with Gasteiger partial charge in [-0.1, -0.05) is 105 Å². The van der Waals surface area contributed by atoms with Crippen molar-refractivity contribution in [2.45, 2.75) is 114 Å². The second-order valence-corrected chi connectivity index (χ2v) is 17.2. The maximum absolute atomic E-state index is 12.2. The molecule has 0 aliphatic carbocycles. The molecule has 6 aromatic rings. The van der Waals surface area contributed by atoms with Gasteiger partial charge < -0.3 is 9.52 Å². The summed E-state index contributed by atoms with van der Waals surface area (Å²) in [5, 5.41) is 16.2. The average molecular weight is 895 g/mol. The van der Waals surface area contributed by atoms with Crippen LogP contribution in [0, 0.1) is 22.8 Å². The Balaban J connectivity index is 0.000000289. The van der Waals surface area contributed by atoms with E-state index < -0.39 is 0 Å². The molecule has 0 spiro atoms. The number of aromatic nitrogens is 1. The Kier molecular flexibility index (Phi) is 13.0. The van der Waals surface area contributed by atoms with E-state index in [9.17, 15) is 9.90 Å². The number of carbonyl (C=O) groups excluding carboxylic acids is 1. The van der Waals surface area contributed by atoms with Crippen LogP contribution in [0.2, 0.25) is 0 Å². The van der Waals surface area contributed by atoms with E-state index in [4.69, 9.17) is 9.40 Å². The Bertz CT molecular complexity index is 2210. The van der Waals surface area contributed by atoms with Crippen LogP contribution in [0.3, 0.4) is 0 Å². The van der Waals surface area contributed by atoms with Crippen molar-refractivity contribution in [3.8, 4) is 11.3 Å². The number of nitrogens with zero attached hydrogens (tertiary/aromatic N) is 1. The van der Waals surface area contributed by atoms with E-state index in [-0.39, 0.29) is 47.9 Å². The fourth-order valence-electron chi connectivity index (χ4n) is 6.65. The number of benzene rings is 3. The minimum atomic E-state index is -0.337. The number of hydrogen-bond donors (Lipinski definition) is 1. The molecular weight excluding hydrogens is 839 g/mol. The molecule has 0 bridgehead atoms. The van der Waals surface area contributed by atoms with Crippen LogP contribution >= 0.6 is 11.3 Å². The Morgan fingerprint density at radius 2 is 1.54 bits per heavy atom. The van der Waals surface area contributed by atoms with Crippen molar-refractivity contribution >= 4 is 59.0 Å². The van der Waals surface area contributed by atoms with Gasteiger partial charge in [-0.25, -0.2) is 0 Å². The third-order valence-corrected chi connectivity index (χ3v) is 12.3. The zero-order valence-electron chi connectivity index (χ0n) is 32.9. The van der Waals surface area contributed by atoms with E-state index in [1.807, 2.05) is 47.7 Å². The molecule has 1 N–H and O–H groups in total. The van der Waals surface area contributed by atoms with E-state index in [1.165, 1.54) is 42.6 Å². The molecule has 279 valence electrons. The molecular formula is C46H56IrNO3S-. The van der Waals surface area contributed by atoms with E-state index in [0.717, 1.165) is 60.1 Å². The van der Waals surface area contributed by atoms with Crippen LogP contribution in [0.25, 0.3) is 53.2 Å². The minimum absolute atomic E-state index is 0. The van der Waals surface area contributed by atoms with Crippen LogP contribution in [-0.2, 0) is 36.7 Å². The number of rotatable bonds is 10. The summed E-state index contributed by atoms with van der Waals surface area (Å²) in [4.78, 5) is 17.0. The van der Waals surface area contributed by atoms with Gasteiger partial charge in [0.1, 0.15) is 17.1 Å². The van der Waals surface area contributed by atoms with Crippen LogP contribution in [0.4, 0.5) is 0 Å². The van der Waals surface area contributed by atoms with Gasteiger partial charge >= 0.3 is 0 Å². The van der Waals surface area contributed by atoms with Crippen molar-refractivity contribution in [1.82, 2.24) is 4.98 Å². The van der Waals surface area contributed by atoms with Gasteiger partial charge in [-0.3, -0.25) is 9.78 Å². The maximum atomic E-state index is 12.2. The average Bonchev–Trinajstić information content (AvgIpc) is 3.67. The number of hydrogen-bond acceptors (Lipinski definition) is 5. The van der Waals surface area contributed by atoms with Gasteiger partial charge in [0.25, 0.3) is 0 Å². The number of thiophene rings is 1. The van der Waals surface area contributed by atoms with E-state index in [1.54, 1.807) is 11.3 Å². The molecule has 3 heterocycles. The first-order chi connectivity index (χ1) is 24.1. The molecule has 3 aromatic carbocycles. The van der Waals surface area contributed by atoms with E-state index in [2.05, 4.69) is 95.3 Å². The first-order valence-corrected chi connectivity index (χ1v) is 19.5. The number of aliphatic hydroxyl groups is 1. The van der Waals surface area contributed by atoms with Gasteiger partial charge in [-0.15, -0.1) is 40.5 Å². The Morgan fingerprint density at radius 1 is 0.885 bits per heavy atom. The minimum Gasteiger partial charge on any atom is -0.512 e. The van der Waals surface area contributed by atoms with Crippen LogP contribution in [0.5, 0.6) is 0 Å².